The zero-order valence-electron chi connectivity index (χ0n) is 18.0. The molecule has 1 aromatic heterocycles. The summed E-state index contributed by atoms with van der Waals surface area (Å²) in [5.74, 6) is 1.63. The van der Waals surface area contributed by atoms with Gasteiger partial charge in [-0.25, -0.2) is 0 Å². The topological polar surface area (TPSA) is 40.5 Å². The highest BCUT2D eigenvalue weighted by Crippen LogP contribution is 2.41. The Morgan fingerprint density at radius 3 is 2.11 bits per heavy atom. The van der Waals surface area contributed by atoms with Crippen LogP contribution in [-0.4, -0.2) is 18.8 Å². The Hall–Kier alpha value is -2.23. The summed E-state index contributed by atoms with van der Waals surface area (Å²) in [4.78, 5) is 12.6. The number of nitrogens with zero attached hydrogens (tertiary/aromatic N) is 1. The number of aryl methyl sites for hydroxylation is 1. The van der Waals surface area contributed by atoms with Crippen LogP contribution in [0.25, 0.3) is 11.1 Å². The Morgan fingerprint density at radius 1 is 0.963 bits per heavy atom. The molecule has 2 aromatic rings. The maximum atomic E-state index is 12.6. The van der Waals surface area contributed by atoms with E-state index in [1.54, 1.807) is 14.2 Å². The monoisotopic (exact) mass is 371 g/mol. The lowest BCUT2D eigenvalue weighted by Crippen LogP contribution is -2.23. The molecule has 27 heavy (non-hydrogen) atoms. The van der Waals surface area contributed by atoms with E-state index >= 15 is 0 Å². The first-order valence-electron chi connectivity index (χ1n) is 9.63. The smallest absolute Gasteiger partial charge is 0.253 e. The lowest BCUT2D eigenvalue weighted by atomic mass is 9.84. The molecule has 0 fully saturated rings. The van der Waals surface area contributed by atoms with Crippen molar-refractivity contribution in [2.45, 2.75) is 66.3 Å². The van der Waals surface area contributed by atoms with E-state index in [1.807, 2.05) is 30.7 Å². The summed E-state index contributed by atoms with van der Waals surface area (Å²) >= 11 is 0. The summed E-state index contributed by atoms with van der Waals surface area (Å²) < 4.78 is 13.3. The molecule has 0 saturated carbocycles. The van der Waals surface area contributed by atoms with Gasteiger partial charge in [0.25, 0.3) is 5.56 Å². The Labute approximate surface area is 163 Å². The molecular weight excluding hydrogens is 338 g/mol. The van der Waals surface area contributed by atoms with Crippen molar-refractivity contribution < 1.29 is 9.47 Å². The molecule has 0 atom stereocenters. The summed E-state index contributed by atoms with van der Waals surface area (Å²) in [5.41, 5.74) is 4.84. The van der Waals surface area contributed by atoms with E-state index in [-0.39, 0.29) is 11.0 Å². The molecule has 4 nitrogen and oxygen atoms in total. The number of rotatable bonds is 6. The average Bonchev–Trinajstić information content (AvgIpc) is 2.63. The van der Waals surface area contributed by atoms with Crippen molar-refractivity contribution in [2.75, 3.05) is 14.2 Å². The minimum Gasteiger partial charge on any atom is -0.496 e. The number of aromatic nitrogens is 1. The number of unbranched alkanes of at least 4 members (excludes halogenated alkanes) is 1. The van der Waals surface area contributed by atoms with Crippen LogP contribution < -0.4 is 15.0 Å². The number of ether oxygens (including phenoxy) is 2. The first-order valence-corrected chi connectivity index (χ1v) is 9.63. The Morgan fingerprint density at radius 2 is 1.59 bits per heavy atom. The van der Waals surface area contributed by atoms with Gasteiger partial charge in [0.15, 0.2) is 0 Å². The van der Waals surface area contributed by atoms with Gasteiger partial charge in [-0.15, -0.1) is 0 Å². The van der Waals surface area contributed by atoms with Crippen LogP contribution in [0.1, 0.15) is 57.2 Å². The van der Waals surface area contributed by atoms with Gasteiger partial charge < -0.3 is 14.0 Å². The van der Waals surface area contributed by atoms with E-state index < -0.39 is 0 Å². The minimum atomic E-state index is -0.0674. The predicted molar refractivity (Wildman–Crippen MR) is 112 cm³/mol. The fourth-order valence-electron chi connectivity index (χ4n) is 3.35. The van der Waals surface area contributed by atoms with Gasteiger partial charge in [0, 0.05) is 35.0 Å². The van der Waals surface area contributed by atoms with Crippen molar-refractivity contribution in [3.05, 3.63) is 45.4 Å². The fraction of sp³-hybridized carbons (Fsp3) is 0.522. The predicted octanol–water partition coefficient (Wildman–Crippen LogP) is 5.25. The second kappa shape index (κ2) is 8.20. The molecule has 0 spiro atoms. The number of methoxy groups -OCH3 is 2. The van der Waals surface area contributed by atoms with Gasteiger partial charge in [-0.05, 0) is 43.4 Å². The molecule has 1 aromatic carbocycles. The second-order valence-electron chi connectivity index (χ2n) is 8.15. The zero-order chi connectivity index (χ0) is 20.4. The number of hydrogen-bond acceptors (Lipinski definition) is 3. The van der Waals surface area contributed by atoms with Gasteiger partial charge in [0.2, 0.25) is 0 Å². The van der Waals surface area contributed by atoms with Gasteiger partial charge in [0.1, 0.15) is 11.5 Å². The lowest BCUT2D eigenvalue weighted by Gasteiger charge is -2.25. The molecule has 0 bridgehead atoms. The molecule has 0 aliphatic rings. The van der Waals surface area contributed by atoms with Crippen molar-refractivity contribution in [3.8, 4) is 22.6 Å². The Balaban J connectivity index is 2.77. The minimum absolute atomic E-state index is 0.0674. The standard InChI is InChI=1S/C23H33NO3/c1-9-10-11-24-14-18(15(2)16(3)22(24)25)17-12-21(27-8)19(23(4,5)6)13-20(17)26-7/h12-14H,9-11H2,1-8H3. The Bertz CT molecular complexity index is 873. The van der Waals surface area contributed by atoms with Crippen molar-refractivity contribution in [1.82, 2.24) is 4.57 Å². The van der Waals surface area contributed by atoms with E-state index in [2.05, 4.69) is 33.8 Å². The van der Waals surface area contributed by atoms with E-state index in [4.69, 9.17) is 9.47 Å². The molecule has 0 unspecified atom stereocenters. The number of hydrogen-bond donors (Lipinski definition) is 0. The summed E-state index contributed by atoms with van der Waals surface area (Å²) in [6.45, 7) is 13.2. The fourth-order valence-corrected chi connectivity index (χ4v) is 3.35. The van der Waals surface area contributed by atoms with Crippen molar-refractivity contribution in [3.63, 3.8) is 0 Å². The third kappa shape index (κ3) is 4.20. The third-order valence-electron chi connectivity index (χ3n) is 5.21. The van der Waals surface area contributed by atoms with Crippen LogP contribution in [-0.2, 0) is 12.0 Å². The molecule has 0 aliphatic carbocycles. The van der Waals surface area contributed by atoms with Gasteiger partial charge in [-0.1, -0.05) is 34.1 Å². The highest BCUT2D eigenvalue weighted by Gasteiger charge is 2.23. The molecule has 0 aliphatic heterocycles. The van der Waals surface area contributed by atoms with Crippen LogP contribution in [0.4, 0.5) is 0 Å². The summed E-state index contributed by atoms with van der Waals surface area (Å²) in [6.07, 6.45) is 3.99. The summed E-state index contributed by atoms with van der Waals surface area (Å²) in [6, 6.07) is 4.10. The van der Waals surface area contributed by atoms with Gasteiger partial charge >= 0.3 is 0 Å². The molecule has 148 valence electrons. The normalized spacial score (nSPS) is 11.6. The summed E-state index contributed by atoms with van der Waals surface area (Å²) in [5, 5.41) is 0. The molecule has 1 heterocycles. The zero-order valence-corrected chi connectivity index (χ0v) is 18.0. The molecular formula is C23H33NO3. The third-order valence-corrected chi connectivity index (χ3v) is 5.21. The maximum absolute atomic E-state index is 12.6. The van der Waals surface area contributed by atoms with Crippen LogP contribution in [0.15, 0.2) is 23.1 Å². The number of pyridine rings is 1. The molecule has 4 heteroatoms. The molecule has 2 rings (SSSR count). The highest BCUT2D eigenvalue weighted by molar-refractivity contribution is 5.76. The Kier molecular flexibility index (Phi) is 6.40. The molecule has 0 amide bonds. The van der Waals surface area contributed by atoms with Gasteiger partial charge in [-0.2, -0.15) is 0 Å². The van der Waals surface area contributed by atoms with E-state index in [0.29, 0.717) is 0 Å². The molecule has 0 radical (unpaired) electrons. The largest absolute Gasteiger partial charge is 0.496 e. The van der Waals surface area contributed by atoms with E-state index in [9.17, 15) is 4.79 Å². The first kappa shape index (κ1) is 21.1. The van der Waals surface area contributed by atoms with Crippen molar-refractivity contribution in [1.29, 1.82) is 0 Å². The quantitative estimate of drug-likeness (QED) is 0.696. The van der Waals surface area contributed by atoms with E-state index in [1.165, 1.54) is 0 Å². The average molecular weight is 372 g/mol. The van der Waals surface area contributed by atoms with Gasteiger partial charge in [0.05, 0.1) is 14.2 Å². The SMILES string of the molecule is CCCCn1cc(-c2cc(OC)c(C(C)(C)C)cc2OC)c(C)c(C)c1=O. The maximum Gasteiger partial charge on any atom is 0.253 e. The lowest BCUT2D eigenvalue weighted by molar-refractivity contribution is 0.389. The van der Waals surface area contributed by atoms with Gasteiger partial charge in [-0.3, -0.25) is 4.79 Å². The van der Waals surface area contributed by atoms with Crippen molar-refractivity contribution in [2.24, 2.45) is 0 Å². The van der Waals surface area contributed by atoms with Crippen LogP contribution in [0.2, 0.25) is 0 Å². The van der Waals surface area contributed by atoms with Crippen LogP contribution in [0.3, 0.4) is 0 Å². The summed E-state index contributed by atoms with van der Waals surface area (Å²) in [7, 11) is 3.38. The van der Waals surface area contributed by atoms with Crippen molar-refractivity contribution >= 4 is 0 Å². The van der Waals surface area contributed by atoms with Crippen LogP contribution in [0.5, 0.6) is 11.5 Å². The van der Waals surface area contributed by atoms with E-state index in [0.717, 1.165) is 58.7 Å². The number of benzene rings is 1. The van der Waals surface area contributed by atoms with Crippen LogP contribution >= 0.6 is 0 Å². The molecule has 0 N–H and O–H groups in total. The second-order valence-corrected chi connectivity index (χ2v) is 8.15. The highest BCUT2D eigenvalue weighted by atomic mass is 16.5. The first-order chi connectivity index (χ1) is 12.6. The van der Waals surface area contributed by atoms with Crippen LogP contribution in [0, 0.1) is 13.8 Å². The molecule has 0 saturated heterocycles.